The first-order valence-corrected chi connectivity index (χ1v) is 5.62. The van der Waals surface area contributed by atoms with E-state index in [1.165, 1.54) is 0 Å². The lowest BCUT2D eigenvalue weighted by molar-refractivity contribution is 0.503. The van der Waals surface area contributed by atoms with Crippen LogP contribution in [0, 0.1) is 0 Å². The number of halogens is 1. The zero-order valence-electron chi connectivity index (χ0n) is 5.51. The Morgan fingerprint density at radius 2 is 2.20 bits per heavy atom. The third-order valence-electron chi connectivity index (χ3n) is 1.65. The summed E-state index contributed by atoms with van der Waals surface area (Å²) in [4.78, 5) is 0. The van der Waals surface area contributed by atoms with Gasteiger partial charge in [0.1, 0.15) is 0 Å². The molecule has 0 saturated carbocycles. The number of rotatable bonds is 1. The molecular weight excluding hydrogens is 174 g/mol. The highest BCUT2D eigenvalue weighted by Crippen LogP contribution is 2.14. The van der Waals surface area contributed by atoms with E-state index in [2.05, 4.69) is 5.32 Å². The Morgan fingerprint density at radius 3 is 2.50 bits per heavy atom. The predicted molar refractivity (Wildman–Crippen MR) is 40.7 cm³/mol. The minimum absolute atomic E-state index is 0.372. The van der Waals surface area contributed by atoms with Crippen molar-refractivity contribution in [3.8, 4) is 0 Å². The van der Waals surface area contributed by atoms with E-state index < -0.39 is 9.05 Å². The van der Waals surface area contributed by atoms with Crippen LogP contribution in [0.2, 0.25) is 0 Å². The summed E-state index contributed by atoms with van der Waals surface area (Å²) in [6.07, 6.45) is 1.59. The minimum Gasteiger partial charge on any atom is -0.315 e. The maximum absolute atomic E-state index is 10.7. The molecule has 1 unspecified atom stereocenters. The zero-order valence-corrected chi connectivity index (χ0v) is 7.08. The van der Waals surface area contributed by atoms with E-state index in [1.54, 1.807) is 0 Å². The number of hydrogen-bond acceptors (Lipinski definition) is 3. The number of piperidine rings is 1. The molecule has 0 aromatic carbocycles. The Kier molecular flexibility index (Phi) is 2.55. The van der Waals surface area contributed by atoms with Crippen LogP contribution in [-0.2, 0) is 9.05 Å². The van der Waals surface area contributed by atoms with E-state index in [9.17, 15) is 8.42 Å². The van der Waals surface area contributed by atoms with Crippen molar-refractivity contribution in [2.24, 2.45) is 0 Å². The van der Waals surface area contributed by atoms with E-state index in [4.69, 9.17) is 10.7 Å². The Labute approximate surface area is 65.2 Å². The zero-order chi connectivity index (χ0) is 7.61. The van der Waals surface area contributed by atoms with Crippen LogP contribution in [0.3, 0.4) is 0 Å². The monoisotopic (exact) mass is 183 g/mol. The van der Waals surface area contributed by atoms with Gasteiger partial charge in [-0.3, -0.25) is 0 Å². The molecule has 1 aliphatic rings. The summed E-state index contributed by atoms with van der Waals surface area (Å²) in [6.45, 7) is 1.41. The topological polar surface area (TPSA) is 46.2 Å². The van der Waals surface area contributed by atoms with Crippen molar-refractivity contribution in [1.29, 1.82) is 0 Å². The van der Waals surface area contributed by atoms with Crippen molar-refractivity contribution in [1.82, 2.24) is 5.32 Å². The summed E-state index contributed by atoms with van der Waals surface area (Å²) >= 11 is 0. The lowest BCUT2D eigenvalue weighted by Gasteiger charge is -2.19. The van der Waals surface area contributed by atoms with Crippen LogP contribution in [0.4, 0.5) is 0 Å². The second kappa shape index (κ2) is 3.07. The molecule has 0 aromatic heterocycles. The Balaban J connectivity index is 2.56. The summed E-state index contributed by atoms with van der Waals surface area (Å²) in [6, 6.07) is 0. The normalized spacial score (nSPS) is 28.3. The highest BCUT2D eigenvalue weighted by atomic mass is 35.7. The first kappa shape index (κ1) is 8.30. The highest BCUT2D eigenvalue weighted by Gasteiger charge is 2.24. The van der Waals surface area contributed by atoms with Gasteiger partial charge in [-0.05, 0) is 19.4 Å². The standard InChI is InChI=1S/C5H10ClNO2S/c6-10(8,9)5-2-1-3-7-4-5/h5,7H,1-4H2. The molecular formula is C5H10ClNO2S. The summed E-state index contributed by atoms with van der Waals surface area (Å²) < 4.78 is 21.4. The summed E-state index contributed by atoms with van der Waals surface area (Å²) in [7, 11) is 1.83. The summed E-state index contributed by atoms with van der Waals surface area (Å²) in [5, 5.41) is 2.61. The maximum atomic E-state index is 10.7. The molecule has 1 saturated heterocycles. The van der Waals surface area contributed by atoms with Crippen LogP contribution in [0.15, 0.2) is 0 Å². The van der Waals surface area contributed by atoms with Crippen molar-refractivity contribution in [2.75, 3.05) is 13.1 Å². The fraction of sp³-hybridized carbons (Fsp3) is 1.00. The fourth-order valence-corrected chi connectivity index (χ4v) is 2.28. The molecule has 10 heavy (non-hydrogen) atoms. The van der Waals surface area contributed by atoms with Gasteiger partial charge in [0.15, 0.2) is 0 Å². The Hall–Kier alpha value is 0.200. The van der Waals surface area contributed by atoms with E-state index in [0.29, 0.717) is 13.0 Å². The van der Waals surface area contributed by atoms with Gasteiger partial charge in [-0.15, -0.1) is 0 Å². The van der Waals surface area contributed by atoms with Gasteiger partial charge < -0.3 is 5.32 Å². The molecule has 1 heterocycles. The SMILES string of the molecule is O=S(=O)(Cl)C1CCCNC1. The number of nitrogens with one attached hydrogen (secondary N) is 1. The minimum atomic E-state index is -3.32. The second-order valence-electron chi connectivity index (χ2n) is 2.44. The molecule has 1 N–H and O–H groups in total. The van der Waals surface area contributed by atoms with Gasteiger partial charge in [0, 0.05) is 17.2 Å². The van der Waals surface area contributed by atoms with Crippen LogP contribution in [0.5, 0.6) is 0 Å². The van der Waals surface area contributed by atoms with Crippen LogP contribution >= 0.6 is 10.7 Å². The van der Waals surface area contributed by atoms with E-state index in [-0.39, 0.29) is 5.25 Å². The van der Waals surface area contributed by atoms with Crippen molar-refractivity contribution >= 4 is 19.7 Å². The first-order valence-electron chi connectivity index (χ1n) is 3.25. The van der Waals surface area contributed by atoms with Crippen LogP contribution in [0.25, 0.3) is 0 Å². The second-order valence-corrected chi connectivity index (χ2v) is 5.35. The smallest absolute Gasteiger partial charge is 0.236 e. The van der Waals surface area contributed by atoms with Gasteiger partial charge in [0.2, 0.25) is 9.05 Å². The largest absolute Gasteiger partial charge is 0.315 e. The summed E-state index contributed by atoms with van der Waals surface area (Å²) in [5.74, 6) is 0. The van der Waals surface area contributed by atoms with Crippen molar-refractivity contribution in [3.05, 3.63) is 0 Å². The summed E-state index contributed by atoms with van der Waals surface area (Å²) in [5.41, 5.74) is 0. The predicted octanol–water partition coefficient (Wildman–Crippen LogP) is 0.307. The molecule has 1 fully saturated rings. The van der Waals surface area contributed by atoms with Crippen LogP contribution in [-0.4, -0.2) is 26.8 Å². The molecule has 1 atom stereocenters. The highest BCUT2D eigenvalue weighted by molar-refractivity contribution is 8.14. The van der Waals surface area contributed by atoms with E-state index in [1.807, 2.05) is 0 Å². The van der Waals surface area contributed by atoms with Crippen LogP contribution < -0.4 is 5.32 Å². The van der Waals surface area contributed by atoms with Crippen molar-refractivity contribution in [3.63, 3.8) is 0 Å². The average molecular weight is 184 g/mol. The molecule has 0 spiro atoms. The van der Waals surface area contributed by atoms with Gasteiger partial charge >= 0.3 is 0 Å². The van der Waals surface area contributed by atoms with Gasteiger partial charge in [0.25, 0.3) is 0 Å². The molecule has 0 aromatic rings. The lowest BCUT2D eigenvalue weighted by Crippen LogP contribution is -2.36. The first-order chi connectivity index (χ1) is 4.61. The molecule has 0 amide bonds. The lowest BCUT2D eigenvalue weighted by atomic mass is 10.2. The molecule has 0 aliphatic carbocycles. The van der Waals surface area contributed by atoms with Crippen LogP contribution in [0.1, 0.15) is 12.8 Å². The van der Waals surface area contributed by atoms with Crippen molar-refractivity contribution in [2.45, 2.75) is 18.1 Å². The third-order valence-corrected chi connectivity index (χ3v) is 3.60. The Bertz CT molecular complexity index is 196. The molecule has 60 valence electrons. The number of hydrogen-bond donors (Lipinski definition) is 1. The fourth-order valence-electron chi connectivity index (χ4n) is 1.06. The molecule has 1 rings (SSSR count). The van der Waals surface area contributed by atoms with Gasteiger partial charge in [-0.25, -0.2) is 8.42 Å². The third kappa shape index (κ3) is 2.11. The average Bonchev–Trinajstić information content (AvgIpc) is 1.88. The van der Waals surface area contributed by atoms with Crippen molar-refractivity contribution < 1.29 is 8.42 Å². The quantitative estimate of drug-likeness (QED) is 0.596. The van der Waals surface area contributed by atoms with Gasteiger partial charge in [-0.2, -0.15) is 0 Å². The molecule has 5 heteroatoms. The Morgan fingerprint density at radius 1 is 1.50 bits per heavy atom. The molecule has 0 bridgehead atoms. The van der Waals surface area contributed by atoms with E-state index in [0.717, 1.165) is 13.0 Å². The van der Waals surface area contributed by atoms with Gasteiger partial charge in [-0.1, -0.05) is 0 Å². The molecule has 1 aliphatic heterocycles. The van der Waals surface area contributed by atoms with Gasteiger partial charge in [0.05, 0.1) is 5.25 Å². The van der Waals surface area contributed by atoms with E-state index >= 15 is 0 Å². The molecule has 0 radical (unpaired) electrons. The molecule has 3 nitrogen and oxygen atoms in total. The maximum Gasteiger partial charge on any atom is 0.236 e.